The van der Waals surface area contributed by atoms with E-state index in [-0.39, 0.29) is 6.54 Å². The average Bonchev–Trinajstić information content (AvgIpc) is 2.42. The molecule has 2 amide bonds. The maximum absolute atomic E-state index is 12.7. The molecule has 2 rings (SSSR count). The molecule has 1 atom stereocenters. The molecule has 0 aromatic heterocycles. The van der Waals surface area contributed by atoms with Gasteiger partial charge in [0.2, 0.25) is 0 Å². The number of carbonyl (C=O) groups excluding carboxylic acids is 1. The van der Waals surface area contributed by atoms with Crippen molar-refractivity contribution in [2.24, 2.45) is 0 Å². The van der Waals surface area contributed by atoms with Crippen LogP contribution in [0.1, 0.15) is 43.4 Å². The van der Waals surface area contributed by atoms with Crippen molar-refractivity contribution >= 4 is 6.03 Å². The van der Waals surface area contributed by atoms with Crippen LogP contribution in [0.3, 0.4) is 0 Å². The lowest BCUT2D eigenvalue weighted by Crippen LogP contribution is -2.50. The van der Waals surface area contributed by atoms with E-state index in [4.69, 9.17) is 0 Å². The third kappa shape index (κ3) is 4.13. The molecular formula is C15H19F3N2O2. The fraction of sp³-hybridized carbons (Fsp3) is 0.533. The second-order valence-electron chi connectivity index (χ2n) is 5.75. The summed E-state index contributed by atoms with van der Waals surface area (Å²) in [6.07, 6.45) is -2.18. The number of benzene rings is 1. The monoisotopic (exact) mass is 316 g/mol. The Hall–Kier alpha value is -1.76. The summed E-state index contributed by atoms with van der Waals surface area (Å²) in [6.45, 7) is 1.75. The fourth-order valence-electron chi connectivity index (χ4n) is 2.32. The van der Waals surface area contributed by atoms with Crippen molar-refractivity contribution in [3.05, 3.63) is 35.4 Å². The van der Waals surface area contributed by atoms with E-state index in [2.05, 4.69) is 10.6 Å². The van der Waals surface area contributed by atoms with E-state index in [1.807, 2.05) is 0 Å². The average molecular weight is 316 g/mol. The van der Waals surface area contributed by atoms with Crippen LogP contribution in [-0.2, 0) is 6.18 Å². The van der Waals surface area contributed by atoms with Crippen molar-refractivity contribution in [2.45, 2.75) is 44.0 Å². The van der Waals surface area contributed by atoms with Gasteiger partial charge in [0.1, 0.15) is 0 Å². The van der Waals surface area contributed by atoms with Crippen LogP contribution in [0, 0.1) is 0 Å². The van der Waals surface area contributed by atoms with Crippen LogP contribution in [0.4, 0.5) is 18.0 Å². The highest BCUT2D eigenvalue weighted by Gasteiger charge is 2.34. The molecule has 0 spiro atoms. The van der Waals surface area contributed by atoms with Gasteiger partial charge in [0.05, 0.1) is 17.2 Å². The summed E-state index contributed by atoms with van der Waals surface area (Å²) in [5.74, 6) is 0. The molecule has 122 valence electrons. The molecular weight excluding hydrogens is 297 g/mol. The van der Waals surface area contributed by atoms with E-state index in [1.54, 1.807) is 6.92 Å². The predicted molar refractivity (Wildman–Crippen MR) is 75.2 cm³/mol. The summed E-state index contributed by atoms with van der Waals surface area (Å²) in [7, 11) is 0. The Kier molecular flexibility index (Phi) is 4.65. The summed E-state index contributed by atoms with van der Waals surface area (Å²) in [5, 5.41) is 15.0. The molecule has 1 aromatic carbocycles. The Morgan fingerprint density at radius 3 is 2.64 bits per heavy atom. The van der Waals surface area contributed by atoms with Crippen molar-refractivity contribution in [3.63, 3.8) is 0 Å². The number of alkyl halides is 3. The zero-order chi connectivity index (χ0) is 16.4. The minimum atomic E-state index is -4.41. The summed E-state index contributed by atoms with van der Waals surface area (Å²) >= 11 is 0. The first-order valence-corrected chi connectivity index (χ1v) is 7.13. The standard InChI is InChI=1S/C15H19F3N2O2/c1-10(11-4-2-5-12(8-11)15(16,17)18)20-13(21)19-9-14(22)6-3-7-14/h2,4-5,8,10,22H,3,6-7,9H2,1H3,(H2,19,20,21). The largest absolute Gasteiger partial charge is 0.416 e. The van der Waals surface area contributed by atoms with E-state index < -0.39 is 29.4 Å². The third-order valence-corrected chi connectivity index (χ3v) is 3.92. The van der Waals surface area contributed by atoms with Gasteiger partial charge in [-0.25, -0.2) is 4.79 Å². The smallest absolute Gasteiger partial charge is 0.388 e. The van der Waals surface area contributed by atoms with Crippen molar-refractivity contribution in [3.8, 4) is 0 Å². The quantitative estimate of drug-likeness (QED) is 0.800. The molecule has 1 aliphatic carbocycles. The number of halogens is 3. The van der Waals surface area contributed by atoms with Crippen molar-refractivity contribution in [1.82, 2.24) is 10.6 Å². The Balaban J connectivity index is 1.91. The fourth-order valence-corrected chi connectivity index (χ4v) is 2.32. The molecule has 0 bridgehead atoms. The molecule has 22 heavy (non-hydrogen) atoms. The summed E-state index contributed by atoms with van der Waals surface area (Å²) < 4.78 is 38.0. The molecule has 4 nitrogen and oxygen atoms in total. The third-order valence-electron chi connectivity index (χ3n) is 3.92. The first-order chi connectivity index (χ1) is 10.2. The topological polar surface area (TPSA) is 61.4 Å². The molecule has 1 aromatic rings. The summed E-state index contributed by atoms with van der Waals surface area (Å²) in [4.78, 5) is 11.7. The van der Waals surface area contributed by atoms with Crippen LogP contribution in [-0.4, -0.2) is 23.3 Å². The van der Waals surface area contributed by atoms with Crippen LogP contribution >= 0.6 is 0 Å². The van der Waals surface area contributed by atoms with Crippen LogP contribution in [0.2, 0.25) is 0 Å². The second kappa shape index (κ2) is 6.16. The van der Waals surface area contributed by atoms with Crippen LogP contribution in [0.15, 0.2) is 24.3 Å². The van der Waals surface area contributed by atoms with Crippen molar-refractivity contribution in [2.75, 3.05) is 6.54 Å². The van der Waals surface area contributed by atoms with Gasteiger partial charge in [-0.3, -0.25) is 0 Å². The van der Waals surface area contributed by atoms with Gasteiger partial charge in [-0.1, -0.05) is 12.1 Å². The Labute approximate surface area is 126 Å². The lowest BCUT2D eigenvalue weighted by atomic mass is 9.80. The number of amides is 2. The maximum atomic E-state index is 12.7. The molecule has 7 heteroatoms. The van der Waals surface area contributed by atoms with Gasteiger partial charge < -0.3 is 15.7 Å². The molecule has 0 saturated heterocycles. The molecule has 1 saturated carbocycles. The Morgan fingerprint density at radius 2 is 2.09 bits per heavy atom. The molecule has 0 aliphatic heterocycles. The molecule has 3 N–H and O–H groups in total. The highest BCUT2D eigenvalue weighted by molar-refractivity contribution is 5.74. The number of aliphatic hydroxyl groups is 1. The summed E-state index contributed by atoms with van der Waals surface area (Å²) in [6, 6.07) is 3.76. The first kappa shape index (κ1) is 16.6. The van der Waals surface area contributed by atoms with Crippen molar-refractivity contribution < 1.29 is 23.1 Å². The van der Waals surface area contributed by atoms with Crippen LogP contribution in [0.25, 0.3) is 0 Å². The maximum Gasteiger partial charge on any atom is 0.416 e. The van der Waals surface area contributed by atoms with Gasteiger partial charge in [-0.05, 0) is 43.9 Å². The highest BCUT2D eigenvalue weighted by atomic mass is 19.4. The summed E-state index contributed by atoms with van der Waals surface area (Å²) in [5.41, 5.74) is -1.22. The minimum absolute atomic E-state index is 0.147. The number of hydrogen-bond donors (Lipinski definition) is 3. The zero-order valence-corrected chi connectivity index (χ0v) is 12.2. The number of urea groups is 1. The SMILES string of the molecule is CC(NC(=O)NCC1(O)CCC1)c1cccc(C(F)(F)F)c1. The van der Waals surface area contributed by atoms with Crippen molar-refractivity contribution in [1.29, 1.82) is 0 Å². The lowest BCUT2D eigenvalue weighted by Gasteiger charge is -2.36. The molecule has 1 fully saturated rings. The van der Waals surface area contributed by atoms with Gasteiger partial charge >= 0.3 is 12.2 Å². The van der Waals surface area contributed by atoms with Gasteiger partial charge in [0.15, 0.2) is 0 Å². The zero-order valence-electron chi connectivity index (χ0n) is 12.2. The van der Waals surface area contributed by atoms with E-state index in [0.717, 1.165) is 18.6 Å². The van der Waals surface area contributed by atoms with Gasteiger partial charge in [0.25, 0.3) is 0 Å². The Bertz CT molecular complexity index is 542. The van der Waals surface area contributed by atoms with Crippen LogP contribution in [0.5, 0.6) is 0 Å². The normalized spacial score (nSPS) is 18.2. The molecule has 1 unspecified atom stereocenters. The van der Waals surface area contributed by atoms with E-state index in [1.165, 1.54) is 12.1 Å². The van der Waals surface area contributed by atoms with E-state index in [9.17, 15) is 23.1 Å². The van der Waals surface area contributed by atoms with E-state index >= 15 is 0 Å². The molecule has 1 aliphatic rings. The second-order valence-corrected chi connectivity index (χ2v) is 5.75. The number of carbonyl (C=O) groups is 1. The number of nitrogens with one attached hydrogen (secondary N) is 2. The van der Waals surface area contributed by atoms with Gasteiger partial charge in [-0.15, -0.1) is 0 Å². The van der Waals surface area contributed by atoms with Gasteiger partial charge in [-0.2, -0.15) is 13.2 Å². The predicted octanol–water partition coefficient (Wildman–Crippen LogP) is 2.98. The number of rotatable bonds is 4. The van der Waals surface area contributed by atoms with Gasteiger partial charge in [0, 0.05) is 6.54 Å². The molecule has 0 radical (unpaired) electrons. The minimum Gasteiger partial charge on any atom is -0.388 e. The van der Waals surface area contributed by atoms with E-state index in [0.29, 0.717) is 18.4 Å². The number of hydrogen-bond acceptors (Lipinski definition) is 2. The Morgan fingerprint density at radius 1 is 1.41 bits per heavy atom. The lowest BCUT2D eigenvalue weighted by molar-refractivity contribution is -0.137. The molecule has 0 heterocycles. The highest BCUT2D eigenvalue weighted by Crippen LogP contribution is 2.31. The first-order valence-electron chi connectivity index (χ1n) is 7.13. The van der Waals surface area contributed by atoms with Crippen LogP contribution < -0.4 is 10.6 Å².